The third-order valence-electron chi connectivity index (χ3n) is 4.60. The van der Waals surface area contributed by atoms with Gasteiger partial charge in [0.2, 0.25) is 5.65 Å². The van der Waals surface area contributed by atoms with Gasteiger partial charge in [0.05, 0.1) is 24.1 Å². The van der Waals surface area contributed by atoms with Gasteiger partial charge in [-0.1, -0.05) is 11.3 Å². The molecule has 0 bridgehead atoms. The van der Waals surface area contributed by atoms with E-state index in [1.54, 1.807) is 21.8 Å². The number of hydrogen-bond acceptors (Lipinski definition) is 7. The van der Waals surface area contributed by atoms with Crippen molar-refractivity contribution in [2.45, 2.75) is 13.0 Å². The first-order valence-corrected chi connectivity index (χ1v) is 8.65. The topological polar surface area (TPSA) is 92.8 Å². The highest BCUT2D eigenvalue weighted by Gasteiger charge is 2.19. The average molecular weight is 363 g/mol. The summed E-state index contributed by atoms with van der Waals surface area (Å²) in [7, 11) is 1.87. The zero-order chi connectivity index (χ0) is 18.4. The van der Waals surface area contributed by atoms with Crippen LogP contribution < -0.4 is 9.47 Å². The lowest BCUT2D eigenvalue weighted by Gasteiger charge is -2.20. The fourth-order valence-electron chi connectivity index (χ4n) is 3.14. The van der Waals surface area contributed by atoms with Crippen LogP contribution in [0.15, 0.2) is 36.8 Å². The molecule has 4 heterocycles. The number of aryl methyl sites for hydroxylation is 1. The van der Waals surface area contributed by atoms with Gasteiger partial charge in [-0.05, 0) is 24.6 Å². The zero-order valence-corrected chi connectivity index (χ0v) is 14.9. The van der Waals surface area contributed by atoms with Gasteiger partial charge in [0.25, 0.3) is 0 Å². The van der Waals surface area contributed by atoms with Crippen LogP contribution in [-0.2, 0) is 7.05 Å². The first kappa shape index (κ1) is 15.7. The van der Waals surface area contributed by atoms with Gasteiger partial charge in [-0.2, -0.15) is 5.10 Å². The molecular weight excluding hydrogens is 346 g/mol. The lowest BCUT2D eigenvalue weighted by atomic mass is 10.1. The zero-order valence-electron chi connectivity index (χ0n) is 14.9. The molecule has 9 nitrogen and oxygen atoms in total. The molecule has 0 saturated carbocycles. The average Bonchev–Trinajstić information content (AvgIpc) is 3.32. The van der Waals surface area contributed by atoms with Crippen LogP contribution in [-0.4, -0.2) is 48.0 Å². The van der Waals surface area contributed by atoms with Gasteiger partial charge in [-0.3, -0.25) is 4.68 Å². The molecule has 0 amide bonds. The molecule has 0 radical (unpaired) electrons. The van der Waals surface area contributed by atoms with Gasteiger partial charge in [0, 0.05) is 18.8 Å². The van der Waals surface area contributed by atoms with Crippen LogP contribution in [0.2, 0.25) is 0 Å². The van der Waals surface area contributed by atoms with Crippen molar-refractivity contribution in [3.63, 3.8) is 0 Å². The van der Waals surface area contributed by atoms with Crippen molar-refractivity contribution in [2.24, 2.45) is 7.05 Å². The highest BCUT2D eigenvalue weighted by Crippen LogP contribution is 2.33. The lowest BCUT2D eigenvalue weighted by molar-refractivity contribution is 0.171. The van der Waals surface area contributed by atoms with E-state index >= 15 is 0 Å². The van der Waals surface area contributed by atoms with Crippen LogP contribution in [0, 0.1) is 0 Å². The summed E-state index contributed by atoms with van der Waals surface area (Å²) >= 11 is 0. The van der Waals surface area contributed by atoms with Crippen LogP contribution >= 0.6 is 0 Å². The molecule has 3 aromatic heterocycles. The second-order valence-corrected chi connectivity index (χ2v) is 6.42. The Labute approximate surface area is 154 Å². The first-order chi connectivity index (χ1) is 13.2. The molecule has 9 heteroatoms. The Hall–Kier alpha value is -3.49. The van der Waals surface area contributed by atoms with Crippen LogP contribution in [0.25, 0.3) is 22.6 Å². The minimum Gasteiger partial charge on any atom is -0.486 e. The molecule has 1 aromatic carbocycles. The standard InChI is InChI=1S/C18H17N7O2/c1-11(12-3-4-15-16(7-12)27-6-5-26-15)25-18-17(22-23-25)19-9-14(21-18)13-8-20-24(2)10-13/h3-4,7-11H,5-6H2,1-2H3/t11-/m0/s1. The van der Waals surface area contributed by atoms with E-state index < -0.39 is 0 Å². The number of fused-ring (bicyclic) bond motifs is 2. The molecule has 0 aliphatic carbocycles. The van der Waals surface area contributed by atoms with Crippen LogP contribution in [0.4, 0.5) is 0 Å². The lowest BCUT2D eigenvalue weighted by Crippen LogP contribution is -2.16. The Balaban J connectivity index is 1.56. The maximum Gasteiger partial charge on any atom is 0.221 e. The Morgan fingerprint density at radius 2 is 1.96 bits per heavy atom. The van der Waals surface area contributed by atoms with E-state index in [1.165, 1.54) is 0 Å². The number of aromatic nitrogens is 7. The molecule has 0 N–H and O–H groups in total. The minimum atomic E-state index is -0.0933. The van der Waals surface area contributed by atoms with E-state index in [4.69, 9.17) is 14.5 Å². The van der Waals surface area contributed by atoms with Crippen LogP contribution in [0.5, 0.6) is 11.5 Å². The van der Waals surface area contributed by atoms with Gasteiger partial charge in [-0.25, -0.2) is 14.6 Å². The van der Waals surface area contributed by atoms with Gasteiger partial charge >= 0.3 is 0 Å². The normalized spacial score (nSPS) is 14.4. The molecule has 0 fully saturated rings. The maximum absolute atomic E-state index is 5.69. The third-order valence-corrected chi connectivity index (χ3v) is 4.60. The molecule has 0 saturated heterocycles. The summed E-state index contributed by atoms with van der Waals surface area (Å²) in [6, 6.07) is 5.81. The van der Waals surface area contributed by atoms with Crippen molar-refractivity contribution in [3.8, 4) is 22.8 Å². The number of rotatable bonds is 3. The Morgan fingerprint density at radius 3 is 2.78 bits per heavy atom. The molecule has 0 unspecified atom stereocenters. The Bertz CT molecular complexity index is 1130. The van der Waals surface area contributed by atoms with E-state index in [0.29, 0.717) is 24.5 Å². The second-order valence-electron chi connectivity index (χ2n) is 6.42. The van der Waals surface area contributed by atoms with E-state index in [9.17, 15) is 0 Å². The summed E-state index contributed by atoms with van der Waals surface area (Å²) in [5.74, 6) is 1.51. The van der Waals surface area contributed by atoms with E-state index in [-0.39, 0.29) is 6.04 Å². The molecule has 136 valence electrons. The number of nitrogens with zero attached hydrogens (tertiary/aromatic N) is 7. The van der Waals surface area contributed by atoms with E-state index in [0.717, 1.165) is 28.3 Å². The highest BCUT2D eigenvalue weighted by atomic mass is 16.6. The molecule has 1 aliphatic rings. The summed E-state index contributed by atoms with van der Waals surface area (Å²) in [5, 5.41) is 12.6. The highest BCUT2D eigenvalue weighted by molar-refractivity contribution is 5.69. The number of ether oxygens (including phenoxy) is 2. The summed E-state index contributed by atoms with van der Waals surface area (Å²) in [4.78, 5) is 9.11. The quantitative estimate of drug-likeness (QED) is 0.549. The van der Waals surface area contributed by atoms with Crippen LogP contribution in [0.1, 0.15) is 18.5 Å². The fourth-order valence-corrected chi connectivity index (χ4v) is 3.14. The molecule has 4 aromatic rings. The summed E-state index contributed by atoms with van der Waals surface area (Å²) in [5.41, 5.74) is 3.78. The largest absolute Gasteiger partial charge is 0.486 e. The smallest absolute Gasteiger partial charge is 0.221 e. The minimum absolute atomic E-state index is 0.0933. The van der Waals surface area contributed by atoms with Crippen molar-refractivity contribution in [1.82, 2.24) is 34.7 Å². The first-order valence-electron chi connectivity index (χ1n) is 8.65. The van der Waals surface area contributed by atoms with Gasteiger partial charge in [0.1, 0.15) is 13.2 Å². The maximum atomic E-state index is 5.69. The molecule has 1 aliphatic heterocycles. The molecular formula is C18H17N7O2. The predicted octanol–water partition coefficient (Wildman–Crippen LogP) is 2.00. The van der Waals surface area contributed by atoms with Crippen molar-refractivity contribution in [3.05, 3.63) is 42.4 Å². The van der Waals surface area contributed by atoms with Crippen molar-refractivity contribution in [1.29, 1.82) is 0 Å². The Morgan fingerprint density at radius 1 is 1.11 bits per heavy atom. The molecule has 0 spiro atoms. The molecule has 5 rings (SSSR count). The van der Waals surface area contributed by atoms with Crippen molar-refractivity contribution in [2.75, 3.05) is 13.2 Å². The van der Waals surface area contributed by atoms with Crippen molar-refractivity contribution < 1.29 is 9.47 Å². The van der Waals surface area contributed by atoms with E-state index in [2.05, 4.69) is 20.4 Å². The fraction of sp³-hybridized carbons (Fsp3) is 0.278. The van der Waals surface area contributed by atoms with Crippen LogP contribution in [0.3, 0.4) is 0 Å². The van der Waals surface area contributed by atoms with Gasteiger partial charge < -0.3 is 9.47 Å². The monoisotopic (exact) mass is 363 g/mol. The van der Waals surface area contributed by atoms with Gasteiger partial charge in [0.15, 0.2) is 17.1 Å². The Kier molecular flexibility index (Phi) is 3.52. The molecule has 27 heavy (non-hydrogen) atoms. The van der Waals surface area contributed by atoms with Gasteiger partial charge in [-0.15, -0.1) is 5.10 Å². The third kappa shape index (κ3) is 2.67. The second kappa shape index (κ2) is 6.04. The SMILES string of the molecule is C[C@@H](c1ccc2c(c1)OCCO2)n1nnc2ncc(-c3cnn(C)c3)nc21. The van der Waals surface area contributed by atoms with Crippen molar-refractivity contribution >= 4 is 11.3 Å². The predicted molar refractivity (Wildman–Crippen MR) is 96.6 cm³/mol. The summed E-state index contributed by atoms with van der Waals surface area (Å²) in [6.07, 6.45) is 5.34. The summed E-state index contributed by atoms with van der Waals surface area (Å²) in [6.45, 7) is 3.16. The summed E-state index contributed by atoms with van der Waals surface area (Å²) < 4.78 is 14.8. The number of hydrogen-bond donors (Lipinski definition) is 0. The molecule has 1 atom stereocenters. The number of benzene rings is 1. The van der Waals surface area contributed by atoms with E-state index in [1.807, 2.05) is 38.4 Å².